The second-order valence-electron chi connectivity index (χ2n) is 9.46. The third-order valence-corrected chi connectivity index (χ3v) is 7.20. The molecule has 7 rings (SSSR count). The summed E-state index contributed by atoms with van der Waals surface area (Å²) in [5.74, 6) is 0. The second-order valence-corrected chi connectivity index (χ2v) is 9.46. The molecule has 0 spiro atoms. The summed E-state index contributed by atoms with van der Waals surface area (Å²) in [7, 11) is 0. The summed E-state index contributed by atoms with van der Waals surface area (Å²) in [6.45, 7) is 0. The molecule has 2 heteroatoms. The van der Waals surface area contributed by atoms with E-state index in [0.717, 1.165) is 22.4 Å². The minimum Gasteiger partial charge on any atom is -0.264 e. The average Bonchev–Trinajstić information content (AvgIpc) is 3.01. The molecule has 0 bridgehead atoms. The number of rotatable bonds is 4. The first kappa shape index (κ1) is 22.1. The van der Waals surface area contributed by atoms with E-state index >= 15 is 0 Å². The fourth-order valence-electron chi connectivity index (χ4n) is 5.44. The second kappa shape index (κ2) is 9.42. The number of nitrogens with zero attached hydrogens (tertiary/aromatic N) is 2. The Morgan fingerprint density at radius 1 is 0.368 bits per heavy atom. The Hall–Kier alpha value is -5.08. The van der Waals surface area contributed by atoms with Crippen LogP contribution in [0.3, 0.4) is 0 Å². The Morgan fingerprint density at radius 3 is 1.55 bits per heavy atom. The molecule has 0 N–H and O–H groups in total. The van der Waals surface area contributed by atoms with Crippen molar-refractivity contribution in [2.45, 2.75) is 0 Å². The molecule has 38 heavy (non-hydrogen) atoms. The monoisotopic (exact) mass is 484 g/mol. The molecule has 0 fully saturated rings. The SMILES string of the molecule is c1ccc(-c2c3ccccc3c(-c3ccccc3)c3cc(-c4ccc(-c5cccnc5)nc4)ccc23)cc1. The molecule has 0 saturated heterocycles. The lowest BCUT2D eigenvalue weighted by molar-refractivity contribution is 1.28. The first-order chi connectivity index (χ1) is 18.9. The van der Waals surface area contributed by atoms with Gasteiger partial charge in [-0.3, -0.25) is 9.97 Å². The standard InChI is InChI=1S/C36H24N2/c1-3-10-25(11-4-1)35-30-15-7-8-16-31(30)36(26-12-5-2-6-13-26)33-22-27(17-19-32(33)35)28-18-20-34(38-24-28)29-14-9-21-37-23-29/h1-24H. The fourth-order valence-corrected chi connectivity index (χ4v) is 5.44. The van der Waals surface area contributed by atoms with Gasteiger partial charge in [0.05, 0.1) is 5.69 Å². The average molecular weight is 485 g/mol. The van der Waals surface area contributed by atoms with Crippen molar-refractivity contribution in [1.82, 2.24) is 9.97 Å². The van der Waals surface area contributed by atoms with Crippen LogP contribution in [-0.2, 0) is 0 Å². The van der Waals surface area contributed by atoms with Crippen LogP contribution in [0.5, 0.6) is 0 Å². The Morgan fingerprint density at radius 2 is 0.947 bits per heavy atom. The zero-order chi connectivity index (χ0) is 25.3. The molecule has 0 atom stereocenters. The summed E-state index contributed by atoms with van der Waals surface area (Å²) in [5.41, 5.74) is 9.15. The van der Waals surface area contributed by atoms with Gasteiger partial charge in [0.25, 0.3) is 0 Å². The van der Waals surface area contributed by atoms with Crippen LogP contribution in [0.25, 0.3) is 66.2 Å². The van der Waals surface area contributed by atoms with Gasteiger partial charge >= 0.3 is 0 Å². The fraction of sp³-hybridized carbons (Fsp3) is 0. The molecule has 0 amide bonds. The van der Waals surface area contributed by atoms with Crippen molar-refractivity contribution in [3.63, 3.8) is 0 Å². The highest BCUT2D eigenvalue weighted by atomic mass is 14.7. The van der Waals surface area contributed by atoms with Crippen molar-refractivity contribution in [1.29, 1.82) is 0 Å². The van der Waals surface area contributed by atoms with E-state index in [-0.39, 0.29) is 0 Å². The van der Waals surface area contributed by atoms with Gasteiger partial charge in [-0.2, -0.15) is 0 Å². The molecule has 178 valence electrons. The molecule has 2 heterocycles. The first-order valence-electron chi connectivity index (χ1n) is 12.8. The van der Waals surface area contributed by atoms with Crippen LogP contribution in [0.4, 0.5) is 0 Å². The van der Waals surface area contributed by atoms with Crippen molar-refractivity contribution in [3.05, 3.63) is 146 Å². The molecule has 0 unspecified atom stereocenters. The van der Waals surface area contributed by atoms with Gasteiger partial charge in [0, 0.05) is 29.7 Å². The van der Waals surface area contributed by atoms with E-state index in [1.165, 1.54) is 43.8 Å². The number of hydrogen-bond acceptors (Lipinski definition) is 2. The van der Waals surface area contributed by atoms with Crippen LogP contribution in [0.15, 0.2) is 146 Å². The minimum absolute atomic E-state index is 0.921. The highest BCUT2D eigenvalue weighted by Gasteiger charge is 2.17. The van der Waals surface area contributed by atoms with Gasteiger partial charge < -0.3 is 0 Å². The van der Waals surface area contributed by atoms with Gasteiger partial charge in [0.15, 0.2) is 0 Å². The molecular weight excluding hydrogens is 460 g/mol. The molecule has 2 aromatic heterocycles. The molecule has 0 aliphatic heterocycles. The molecule has 0 aliphatic rings. The van der Waals surface area contributed by atoms with Crippen LogP contribution < -0.4 is 0 Å². The largest absolute Gasteiger partial charge is 0.264 e. The quantitative estimate of drug-likeness (QED) is 0.233. The molecule has 5 aromatic carbocycles. The van der Waals surface area contributed by atoms with E-state index in [1.54, 1.807) is 6.20 Å². The van der Waals surface area contributed by atoms with Gasteiger partial charge in [0.2, 0.25) is 0 Å². The van der Waals surface area contributed by atoms with Gasteiger partial charge in [-0.05, 0) is 73.6 Å². The molecular formula is C36H24N2. The maximum atomic E-state index is 4.76. The molecule has 0 saturated carbocycles. The van der Waals surface area contributed by atoms with E-state index in [9.17, 15) is 0 Å². The van der Waals surface area contributed by atoms with E-state index in [1.807, 2.05) is 24.5 Å². The van der Waals surface area contributed by atoms with Crippen LogP contribution in [0.2, 0.25) is 0 Å². The van der Waals surface area contributed by atoms with Crippen LogP contribution in [-0.4, -0.2) is 9.97 Å². The van der Waals surface area contributed by atoms with Gasteiger partial charge in [-0.25, -0.2) is 0 Å². The Labute approximate surface area is 221 Å². The predicted molar refractivity (Wildman–Crippen MR) is 159 cm³/mol. The van der Waals surface area contributed by atoms with Crippen molar-refractivity contribution in [2.75, 3.05) is 0 Å². The highest BCUT2D eigenvalue weighted by Crippen LogP contribution is 2.44. The summed E-state index contributed by atoms with van der Waals surface area (Å²) < 4.78 is 0. The Bertz CT molecular complexity index is 1880. The van der Waals surface area contributed by atoms with Gasteiger partial charge in [-0.15, -0.1) is 0 Å². The van der Waals surface area contributed by atoms with Crippen LogP contribution in [0.1, 0.15) is 0 Å². The zero-order valence-electron chi connectivity index (χ0n) is 20.8. The van der Waals surface area contributed by atoms with Crippen molar-refractivity contribution in [2.24, 2.45) is 0 Å². The summed E-state index contributed by atoms with van der Waals surface area (Å²) >= 11 is 0. The van der Waals surface area contributed by atoms with E-state index in [0.29, 0.717) is 0 Å². The van der Waals surface area contributed by atoms with Gasteiger partial charge in [0.1, 0.15) is 0 Å². The van der Waals surface area contributed by atoms with Crippen molar-refractivity contribution < 1.29 is 0 Å². The Kier molecular flexibility index (Phi) is 5.49. The third-order valence-electron chi connectivity index (χ3n) is 7.20. The molecule has 2 nitrogen and oxygen atoms in total. The van der Waals surface area contributed by atoms with Crippen LogP contribution in [0, 0.1) is 0 Å². The third kappa shape index (κ3) is 3.84. The summed E-state index contributed by atoms with van der Waals surface area (Å²) in [6.07, 6.45) is 5.59. The molecule has 0 aliphatic carbocycles. The maximum absolute atomic E-state index is 4.76. The van der Waals surface area contributed by atoms with Crippen LogP contribution >= 0.6 is 0 Å². The predicted octanol–water partition coefficient (Wildman–Crippen LogP) is 9.45. The first-order valence-corrected chi connectivity index (χ1v) is 12.8. The molecule has 7 aromatic rings. The minimum atomic E-state index is 0.921. The number of pyridine rings is 2. The smallest absolute Gasteiger partial charge is 0.0717 e. The summed E-state index contributed by atoms with van der Waals surface area (Å²) in [6, 6.07) is 45.3. The normalized spacial score (nSPS) is 11.2. The van der Waals surface area contributed by atoms with Crippen molar-refractivity contribution >= 4 is 21.5 Å². The maximum Gasteiger partial charge on any atom is 0.0717 e. The lowest BCUT2D eigenvalue weighted by Crippen LogP contribution is -1.92. The Balaban J connectivity index is 1.50. The van der Waals surface area contributed by atoms with E-state index in [4.69, 9.17) is 4.98 Å². The number of fused-ring (bicyclic) bond motifs is 2. The zero-order valence-corrected chi connectivity index (χ0v) is 20.8. The van der Waals surface area contributed by atoms with E-state index < -0.39 is 0 Å². The lowest BCUT2D eigenvalue weighted by Gasteiger charge is -2.18. The number of hydrogen-bond donors (Lipinski definition) is 0. The van der Waals surface area contributed by atoms with E-state index in [2.05, 4.69) is 120 Å². The summed E-state index contributed by atoms with van der Waals surface area (Å²) in [5, 5.41) is 5.01. The van der Waals surface area contributed by atoms with Gasteiger partial charge in [-0.1, -0.05) is 103 Å². The number of aromatic nitrogens is 2. The topological polar surface area (TPSA) is 25.8 Å². The lowest BCUT2D eigenvalue weighted by atomic mass is 9.85. The summed E-state index contributed by atoms with van der Waals surface area (Å²) in [4.78, 5) is 8.99. The van der Waals surface area contributed by atoms with Crippen molar-refractivity contribution in [3.8, 4) is 44.6 Å². The number of benzene rings is 5. The highest BCUT2D eigenvalue weighted by molar-refractivity contribution is 6.21. The molecule has 0 radical (unpaired) electrons.